The first-order chi connectivity index (χ1) is 9.51. The third-order valence-electron chi connectivity index (χ3n) is 2.51. The van der Waals surface area contributed by atoms with Gasteiger partial charge in [-0.05, 0) is 18.6 Å². The Morgan fingerprint density at radius 2 is 2.20 bits per heavy atom. The number of aromatic nitrogens is 2. The molecular weight excluding hydrogens is 284 g/mol. The average molecular weight is 295 g/mol. The van der Waals surface area contributed by atoms with Crippen molar-refractivity contribution in [1.82, 2.24) is 9.97 Å². The predicted octanol–water partition coefficient (Wildman–Crippen LogP) is 3.18. The predicted molar refractivity (Wildman–Crippen MR) is 74.5 cm³/mol. The van der Waals surface area contributed by atoms with E-state index in [9.17, 15) is 10.1 Å². The number of aryl methyl sites for hydroxylation is 1. The molecule has 0 spiro atoms. The van der Waals surface area contributed by atoms with Gasteiger partial charge in [0.1, 0.15) is 10.8 Å². The van der Waals surface area contributed by atoms with Crippen LogP contribution in [0.15, 0.2) is 24.4 Å². The van der Waals surface area contributed by atoms with Crippen LogP contribution in [-0.2, 0) is 0 Å². The summed E-state index contributed by atoms with van der Waals surface area (Å²) in [6.45, 7) is 1.70. The van der Waals surface area contributed by atoms with Crippen LogP contribution in [0.4, 0.5) is 11.6 Å². The summed E-state index contributed by atoms with van der Waals surface area (Å²) in [5.74, 6) is 0.991. The van der Waals surface area contributed by atoms with Crippen LogP contribution in [0.2, 0.25) is 5.02 Å². The molecule has 2 aromatic rings. The van der Waals surface area contributed by atoms with Crippen LogP contribution in [0.1, 0.15) is 5.56 Å². The van der Waals surface area contributed by atoms with Crippen LogP contribution in [0, 0.1) is 17.0 Å². The summed E-state index contributed by atoms with van der Waals surface area (Å²) < 4.78 is 5.57. The van der Waals surface area contributed by atoms with Crippen LogP contribution in [0.5, 0.6) is 11.6 Å². The maximum atomic E-state index is 10.7. The molecule has 1 N–H and O–H groups in total. The minimum Gasteiger partial charge on any atom is -0.437 e. The maximum Gasteiger partial charge on any atom is 0.269 e. The van der Waals surface area contributed by atoms with Crippen molar-refractivity contribution in [2.45, 2.75) is 6.92 Å². The van der Waals surface area contributed by atoms with E-state index >= 15 is 0 Å². The molecule has 7 nitrogen and oxygen atoms in total. The van der Waals surface area contributed by atoms with Crippen LogP contribution in [0.25, 0.3) is 0 Å². The van der Waals surface area contributed by atoms with Crippen LogP contribution in [-0.4, -0.2) is 21.9 Å². The van der Waals surface area contributed by atoms with Gasteiger partial charge in [0.25, 0.3) is 5.69 Å². The summed E-state index contributed by atoms with van der Waals surface area (Å²) >= 11 is 5.95. The number of halogens is 1. The Labute approximate surface area is 119 Å². The lowest BCUT2D eigenvalue weighted by atomic mass is 10.2. The zero-order chi connectivity index (χ0) is 14.7. The first-order valence-electron chi connectivity index (χ1n) is 5.64. The number of nitro benzene ring substituents is 1. The van der Waals surface area contributed by atoms with Crippen molar-refractivity contribution in [2.75, 3.05) is 12.4 Å². The molecule has 1 aromatic carbocycles. The molecular formula is C12H11ClN4O3. The zero-order valence-corrected chi connectivity index (χ0v) is 11.5. The van der Waals surface area contributed by atoms with Crippen molar-refractivity contribution in [3.8, 4) is 11.6 Å². The number of nitrogens with one attached hydrogen (secondary N) is 1. The fraction of sp³-hybridized carbons (Fsp3) is 0.167. The van der Waals surface area contributed by atoms with Gasteiger partial charge >= 0.3 is 0 Å². The highest BCUT2D eigenvalue weighted by molar-refractivity contribution is 6.31. The SMILES string of the molecule is CNc1ncc(Cl)c(Oc2ccc([N+](=O)[O-])cc2C)n1. The number of rotatable bonds is 4. The van der Waals surface area contributed by atoms with E-state index in [2.05, 4.69) is 15.3 Å². The molecule has 0 aliphatic rings. The van der Waals surface area contributed by atoms with Gasteiger partial charge in [0.15, 0.2) is 0 Å². The number of benzene rings is 1. The molecule has 0 aliphatic carbocycles. The van der Waals surface area contributed by atoms with Gasteiger partial charge in [-0.1, -0.05) is 11.6 Å². The zero-order valence-electron chi connectivity index (χ0n) is 10.8. The fourth-order valence-electron chi connectivity index (χ4n) is 1.51. The number of non-ortho nitro benzene ring substituents is 1. The molecule has 0 unspecified atom stereocenters. The Morgan fingerprint density at radius 3 is 2.80 bits per heavy atom. The number of nitrogens with zero attached hydrogens (tertiary/aromatic N) is 3. The number of nitro groups is 1. The average Bonchev–Trinajstić information content (AvgIpc) is 2.43. The van der Waals surface area contributed by atoms with Crippen LogP contribution >= 0.6 is 11.6 Å². The summed E-state index contributed by atoms with van der Waals surface area (Å²) in [5, 5.41) is 13.7. The van der Waals surface area contributed by atoms with Crippen molar-refractivity contribution < 1.29 is 9.66 Å². The minimum absolute atomic E-state index is 0.000418. The minimum atomic E-state index is -0.465. The maximum absolute atomic E-state index is 10.7. The van der Waals surface area contributed by atoms with Gasteiger partial charge in [0.05, 0.1) is 11.1 Å². The van der Waals surface area contributed by atoms with Gasteiger partial charge in [0.2, 0.25) is 11.8 Å². The van der Waals surface area contributed by atoms with Crippen molar-refractivity contribution >= 4 is 23.2 Å². The van der Waals surface area contributed by atoms with E-state index in [4.69, 9.17) is 16.3 Å². The van der Waals surface area contributed by atoms with E-state index in [1.807, 2.05) is 0 Å². The molecule has 0 radical (unpaired) electrons. The Balaban J connectivity index is 2.32. The van der Waals surface area contributed by atoms with Gasteiger partial charge in [-0.25, -0.2) is 4.98 Å². The van der Waals surface area contributed by atoms with E-state index in [-0.39, 0.29) is 16.6 Å². The lowest BCUT2D eigenvalue weighted by molar-refractivity contribution is -0.384. The third kappa shape index (κ3) is 2.94. The van der Waals surface area contributed by atoms with E-state index in [0.717, 1.165) is 0 Å². The highest BCUT2D eigenvalue weighted by Gasteiger charge is 2.12. The topological polar surface area (TPSA) is 90.2 Å². The molecule has 8 heteroatoms. The Kier molecular flexibility index (Phi) is 3.99. The van der Waals surface area contributed by atoms with Crippen LogP contribution in [0.3, 0.4) is 0 Å². The molecule has 1 heterocycles. The molecule has 0 saturated heterocycles. The molecule has 1 aromatic heterocycles. The number of ether oxygens (including phenoxy) is 1. The van der Waals surface area contributed by atoms with Crippen molar-refractivity contribution in [3.63, 3.8) is 0 Å². The second-order valence-corrected chi connectivity index (χ2v) is 4.31. The molecule has 2 rings (SSSR count). The Hall–Kier alpha value is -2.41. The van der Waals surface area contributed by atoms with Gasteiger partial charge in [-0.3, -0.25) is 10.1 Å². The molecule has 0 bridgehead atoms. The molecule has 0 saturated carbocycles. The number of anilines is 1. The molecule has 0 amide bonds. The summed E-state index contributed by atoms with van der Waals surface area (Å²) in [6, 6.07) is 4.28. The van der Waals surface area contributed by atoms with Crippen molar-refractivity contribution in [1.29, 1.82) is 0 Å². The molecule has 20 heavy (non-hydrogen) atoms. The summed E-state index contributed by atoms with van der Waals surface area (Å²) in [4.78, 5) is 18.2. The standard InChI is InChI=1S/C12H11ClN4O3/c1-7-5-8(17(18)19)3-4-10(7)20-11-9(13)6-15-12(14-2)16-11/h3-6H,1-2H3,(H,14,15,16). The van der Waals surface area contributed by atoms with Crippen molar-refractivity contribution in [2.24, 2.45) is 0 Å². The molecule has 0 fully saturated rings. The quantitative estimate of drug-likeness (QED) is 0.688. The highest BCUT2D eigenvalue weighted by atomic mass is 35.5. The van der Waals surface area contributed by atoms with Crippen molar-refractivity contribution in [3.05, 3.63) is 45.1 Å². The molecule has 104 valence electrons. The van der Waals surface area contributed by atoms with Crippen LogP contribution < -0.4 is 10.1 Å². The highest BCUT2D eigenvalue weighted by Crippen LogP contribution is 2.31. The summed E-state index contributed by atoms with van der Waals surface area (Å²) in [6.07, 6.45) is 1.41. The third-order valence-corrected chi connectivity index (χ3v) is 2.77. The molecule has 0 aliphatic heterocycles. The second-order valence-electron chi connectivity index (χ2n) is 3.91. The number of hydrogen-bond donors (Lipinski definition) is 1. The second kappa shape index (κ2) is 5.70. The smallest absolute Gasteiger partial charge is 0.269 e. The first-order valence-corrected chi connectivity index (χ1v) is 6.02. The fourth-order valence-corrected chi connectivity index (χ4v) is 1.64. The van der Waals surface area contributed by atoms with Gasteiger partial charge in [-0.15, -0.1) is 0 Å². The van der Waals surface area contributed by atoms with Gasteiger partial charge in [0, 0.05) is 19.2 Å². The molecule has 0 atom stereocenters. The monoisotopic (exact) mass is 294 g/mol. The van der Waals surface area contributed by atoms with E-state index in [1.54, 1.807) is 14.0 Å². The van der Waals surface area contributed by atoms with Gasteiger partial charge in [-0.2, -0.15) is 4.98 Å². The lowest BCUT2D eigenvalue weighted by Gasteiger charge is -2.09. The van der Waals surface area contributed by atoms with Gasteiger partial charge < -0.3 is 10.1 Å². The Morgan fingerprint density at radius 1 is 1.45 bits per heavy atom. The Bertz CT molecular complexity index is 663. The lowest BCUT2D eigenvalue weighted by Crippen LogP contribution is -1.99. The normalized spacial score (nSPS) is 10.2. The summed E-state index contributed by atoms with van der Waals surface area (Å²) in [5.41, 5.74) is 0.611. The first kappa shape index (κ1) is 14.0. The van der Waals surface area contributed by atoms with E-state index < -0.39 is 4.92 Å². The summed E-state index contributed by atoms with van der Waals surface area (Å²) in [7, 11) is 1.67. The van der Waals surface area contributed by atoms with E-state index in [0.29, 0.717) is 17.3 Å². The van der Waals surface area contributed by atoms with E-state index in [1.165, 1.54) is 24.4 Å². The number of hydrogen-bond acceptors (Lipinski definition) is 6. The largest absolute Gasteiger partial charge is 0.437 e.